The second-order valence-corrected chi connectivity index (χ2v) is 5.28. The standard InChI is InChI=1S/C20H16O4/c1-23-16-9-15(12-22)20(18(10-16)24-2)19-14(11-21)8-7-13-5-3-4-6-17(13)19/h3-12H,1-2H3. The largest absolute Gasteiger partial charge is 0.497 e. The van der Waals surface area contributed by atoms with Gasteiger partial charge in [-0.05, 0) is 16.8 Å². The minimum Gasteiger partial charge on any atom is -0.497 e. The molecule has 0 atom stereocenters. The van der Waals surface area contributed by atoms with Crippen LogP contribution in [0.25, 0.3) is 21.9 Å². The number of benzene rings is 3. The molecule has 0 aliphatic carbocycles. The van der Waals surface area contributed by atoms with E-state index < -0.39 is 0 Å². The lowest BCUT2D eigenvalue weighted by atomic mass is 9.90. The average Bonchev–Trinajstić information content (AvgIpc) is 2.65. The number of fused-ring (bicyclic) bond motifs is 1. The summed E-state index contributed by atoms with van der Waals surface area (Å²) in [6.07, 6.45) is 1.54. The Labute approximate surface area is 139 Å². The summed E-state index contributed by atoms with van der Waals surface area (Å²) in [6, 6.07) is 14.7. The Morgan fingerprint density at radius 2 is 1.54 bits per heavy atom. The fourth-order valence-corrected chi connectivity index (χ4v) is 2.92. The van der Waals surface area contributed by atoms with E-state index in [2.05, 4.69) is 0 Å². The zero-order valence-corrected chi connectivity index (χ0v) is 13.4. The molecule has 0 fully saturated rings. The Morgan fingerprint density at radius 1 is 0.792 bits per heavy atom. The summed E-state index contributed by atoms with van der Waals surface area (Å²) in [6.45, 7) is 0. The van der Waals surface area contributed by atoms with Crippen molar-refractivity contribution in [2.45, 2.75) is 0 Å². The van der Waals surface area contributed by atoms with Gasteiger partial charge in [0.2, 0.25) is 0 Å². The summed E-state index contributed by atoms with van der Waals surface area (Å²) in [5.41, 5.74) is 2.18. The minimum atomic E-state index is 0.408. The van der Waals surface area contributed by atoms with Crippen LogP contribution in [0.15, 0.2) is 48.5 Å². The van der Waals surface area contributed by atoms with Gasteiger partial charge in [-0.1, -0.05) is 36.4 Å². The predicted molar refractivity (Wildman–Crippen MR) is 93.3 cm³/mol. The summed E-state index contributed by atoms with van der Waals surface area (Å²) >= 11 is 0. The van der Waals surface area contributed by atoms with E-state index in [4.69, 9.17) is 9.47 Å². The summed E-state index contributed by atoms with van der Waals surface area (Å²) in [5.74, 6) is 1.00. The van der Waals surface area contributed by atoms with Gasteiger partial charge < -0.3 is 9.47 Å². The van der Waals surface area contributed by atoms with Gasteiger partial charge in [0.15, 0.2) is 12.6 Å². The Kier molecular flexibility index (Phi) is 4.29. The van der Waals surface area contributed by atoms with Crippen molar-refractivity contribution in [2.75, 3.05) is 14.2 Å². The first-order valence-corrected chi connectivity index (χ1v) is 7.42. The van der Waals surface area contributed by atoms with Gasteiger partial charge in [0.25, 0.3) is 0 Å². The first kappa shape index (κ1) is 15.7. The number of hydrogen-bond acceptors (Lipinski definition) is 4. The van der Waals surface area contributed by atoms with Crippen LogP contribution in [-0.4, -0.2) is 26.8 Å². The summed E-state index contributed by atoms with van der Waals surface area (Å²) in [7, 11) is 3.05. The van der Waals surface area contributed by atoms with Gasteiger partial charge in [0.1, 0.15) is 11.5 Å². The number of carbonyl (C=O) groups is 2. The Bertz CT molecular complexity index is 928. The highest BCUT2D eigenvalue weighted by molar-refractivity contribution is 6.08. The molecule has 0 aliphatic rings. The lowest BCUT2D eigenvalue weighted by Crippen LogP contribution is -1.99. The molecule has 0 saturated heterocycles. The second-order valence-electron chi connectivity index (χ2n) is 5.28. The third kappa shape index (κ3) is 2.52. The van der Waals surface area contributed by atoms with E-state index in [0.29, 0.717) is 33.8 Å². The van der Waals surface area contributed by atoms with Crippen LogP contribution in [0.2, 0.25) is 0 Å². The molecule has 0 aliphatic heterocycles. The molecule has 0 heterocycles. The SMILES string of the molecule is COc1cc(C=O)c(-c2c(C=O)ccc3ccccc23)c(OC)c1. The highest BCUT2D eigenvalue weighted by atomic mass is 16.5. The van der Waals surface area contributed by atoms with Crippen LogP contribution in [0.3, 0.4) is 0 Å². The van der Waals surface area contributed by atoms with E-state index in [1.54, 1.807) is 18.2 Å². The van der Waals surface area contributed by atoms with Gasteiger partial charge in [-0.15, -0.1) is 0 Å². The van der Waals surface area contributed by atoms with Crippen LogP contribution in [0, 0.1) is 0 Å². The molecule has 4 nitrogen and oxygen atoms in total. The van der Waals surface area contributed by atoms with Gasteiger partial charge in [0, 0.05) is 28.3 Å². The van der Waals surface area contributed by atoms with E-state index in [1.165, 1.54) is 14.2 Å². The molecular weight excluding hydrogens is 304 g/mol. The Balaban J connectivity index is 2.47. The monoisotopic (exact) mass is 320 g/mol. The van der Waals surface area contributed by atoms with Crippen molar-refractivity contribution in [2.24, 2.45) is 0 Å². The molecule has 0 N–H and O–H groups in total. The molecule has 0 bridgehead atoms. The van der Waals surface area contributed by atoms with E-state index in [0.717, 1.165) is 23.3 Å². The van der Waals surface area contributed by atoms with Gasteiger partial charge >= 0.3 is 0 Å². The van der Waals surface area contributed by atoms with Crippen LogP contribution < -0.4 is 9.47 Å². The third-order valence-electron chi connectivity index (χ3n) is 4.03. The molecule has 120 valence electrons. The zero-order chi connectivity index (χ0) is 17.1. The summed E-state index contributed by atoms with van der Waals surface area (Å²) in [5, 5.41) is 1.86. The number of rotatable bonds is 5. The number of aldehydes is 2. The van der Waals surface area contributed by atoms with Crippen molar-refractivity contribution in [3.63, 3.8) is 0 Å². The molecule has 24 heavy (non-hydrogen) atoms. The fourth-order valence-electron chi connectivity index (χ4n) is 2.92. The lowest BCUT2D eigenvalue weighted by Gasteiger charge is -2.17. The number of methoxy groups -OCH3 is 2. The molecule has 0 amide bonds. The second kappa shape index (κ2) is 6.54. The van der Waals surface area contributed by atoms with Crippen LogP contribution >= 0.6 is 0 Å². The highest BCUT2D eigenvalue weighted by Crippen LogP contribution is 2.41. The van der Waals surface area contributed by atoms with Gasteiger partial charge in [-0.3, -0.25) is 9.59 Å². The Morgan fingerprint density at radius 3 is 2.21 bits per heavy atom. The van der Waals surface area contributed by atoms with E-state index >= 15 is 0 Å². The van der Waals surface area contributed by atoms with Crippen LogP contribution in [-0.2, 0) is 0 Å². The first-order valence-electron chi connectivity index (χ1n) is 7.42. The van der Waals surface area contributed by atoms with Crippen LogP contribution in [0.4, 0.5) is 0 Å². The van der Waals surface area contributed by atoms with Crippen molar-refractivity contribution in [1.29, 1.82) is 0 Å². The molecule has 3 aromatic carbocycles. The lowest BCUT2D eigenvalue weighted by molar-refractivity contribution is 0.111. The topological polar surface area (TPSA) is 52.6 Å². The molecule has 4 heteroatoms. The number of carbonyl (C=O) groups excluding carboxylic acids is 2. The maximum absolute atomic E-state index is 11.7. The maximum atomic E-state index is 11.7. The fraction of sp³-hybridized carbons (Fsp3) is 0.100. The van der Waals surface area contributed by atoms with E-state index in [-0.39, 0.29) is 0 Å². The Hall–Kier alpha value is -3.14. The van der Waals surface area contributed by atoms with E-state index in [9.17, 15) is 9.59 Å². The maximum Gasteiger partial charge on any atom is 0.150 e. The number of hydrogen-bond donors (Lipinski definition) is 0. The van der Waals surface area contributed by atoms with Crippen molar-refractivity contribution in [3.05, 3.63) is 59.7 Å². The van der Waals surface area contributed by atoms with Crippen molar-refractivity contribution >= 4 is 23.3 Å². The molecule has 0 aromatic heterocycles. The normalized spacial score (nSPS) is 10.4. The first-order chi connectivity index (χ1) is 11.7. The van der Waals surface area contributed by atoms with Gasteiger partial charge in [-0.25, -0.2) is 0 Å². The molecule has 0 radical (unpaired) electrons. The zero-order valence-electron chi connectivity index (χ0n) is 13.4. The van der Waals surface area contributed by atoms with Crippen molar-refractivity contribution < 1.29 is 19.1 Å². The minimum absolute atomic E-state index is 0.408. The van der Waals surface area contributed by atoms with Crippen molar-refractivity contribution in [1.82, 2.24) is 0 Å². The van der Waals surface area contributed by atoms with E-state index in [1.807, 2.05) is 30.3 Å². The highest BCUT2D eigenvalue weighted by Gasteiger charge is 2.19. The molecule has 3 aromatic rings. The molecule has 0 unspecified atom stereocenters. The van der Waals surface area contributed by atoms with Gasteiger partial charge in [-0.2, -0.15) is 0 Å². The molecular formula is C20H16O4. The smallest absolute Gasteiger partial charge is 0.150 e. The van der Waals surface area contributed by atoms with Crippen LogP contribution in [0.5, 0.6) is 11.5 Å². The predicted octanol–water partition coefficient (Wildman–Crippen LogP) is 4.15. The van der Waals surface area contributed by atoms with Crippen molar-refractivity contribution in [3.8, 4) is 22.6 Å². The quantitative estimate of drug-likeness (QED) is 0.663. The van der Waals surface area contributed by atoms with Gasteiger partial charge in [0.05, 0.1) is 14.2 Å². The molecule has 3 rings (SSSR count). The summed E-state index contributed by atoms with van der Waals surface area (Å²) in [4.78, 5) is 23.3. The number of ether oxygens (including phenoxy) is 2. The molecule has 0 saturated carbocycles. The third-order valence-corrected chi connectivity index (χ3v) is 4.03. The summed E-state index contributed by atoms with van der Waals surface area (Å²) < 4.78 is 10.7. The average molecular weight is 320 g/mol. The molecule has 0 spiro atoms. The van der Waals surface area contributed by atoms with Crippen LogP contribution in [0.1, 0.15) is 20.7 Å².